The lowest BCUT2D eigenvalue weighted by atomic mass is 9.89. The third kappa shape index (κ3) is 2.93. The van der Waals surface area contributed by atoms with E-state index < -0.39 is 23.3 Å². The molecule has 108 valence electrons. The highest BCUT2D eigenvalue weighted by Gasteiger charge is 2.37. The molecule has 1 fully saturated rings. The molecular weight excluding hydrogens is 270 g/mol. The lowest BCUT2D eigenvalue weighted by Gasteiger charge is -2.39. The van der Waals surface area contributed by atoms with E-state index in [4.69, 9.17) is 5.11 Å². The zero-order valence-electron chi connectivity index (χ0n) is 10.6. The van der Waals surface area contributed by atoms with Gasteiger partial charge >= 0.3 is 6.09 Å². The molecule has 0 aliphatic carbocycles. The minimum Gasteiger partial charge on any atom is -0.465 e. The maximum absolute atomic E-state index is 13.7. The molecule has 7 heteroatoms. The molecule has 1 aliphatic heterocycles. The molecule has 0 spiro atoms. The van der Waals surface area contributed by atoms with E-state index in [-0.39, 0.29) is 25.1 Å². The van der Waals surface area contributed by atoms with Gasteiger partial charge in [-0.15, -0.1) is 0 Å². The quantitative estimate of drug-likeness (QED) is 0.813. The highest BCUT2D eigenvalue weighted by molar-refractivity contribution is 5.70. The zero-order valence-corrected chi connectivity index (χ0v) is 10.6. The summed E-state index contributed by atoms with van der Waals surface area (Å²) >= 11 is 0. The third-order valence-corrected chi connectivity index (χ3v) is 3.35. The van der Waals surface area contributed by atoms with Crippen molar-refractivity contribution in [2.45, 2.75) is 12.0 Å². The Balaban J connectivity index is 2.23. The van der Waals surface area contributed by atoms with Crippen LogP contribution in [0.3, 0.4) is 0 Å². The second kappa shape index (κ2) is 5.54. The topological polar surface area (TPSA) is 69.6 Å². The lowest BCUT2D eigenvalue weighted by molar-refractivity contribution is -0.114. The first-order chi connectivity index (χ1) is 9.46. The number of halogens is 2. The van der Waals surface area contributed by atoms with E-state index in [1.165, 1.54) is 6.07 Å². The number of aldehydes is 1. The molecule has 0 radical (unpaired) electrons. The fraction of sp³-hybridized carbons (Fsp3) is 0.385. The molecule has 2 rings (SSSR count). The number of carbonyl (C=O) groups excluding carboxylic acids is 1. The molecule has 0 saturated carbocycles. The van der Waals surface area contributed by atoms with Gasteiger partial charge in [-0.3, -0.25) is 0 Å². The maximum Gasteiger partial charge on any atom is 0.407 e. The number of benzene rings is 1. The summed E-state index contributed by atoms with van der Waals surface area (Å²) in [6.07, 6.45) is -0.575. The van der Waals surface area contributed by atoms with Gasteiger partial charge in [0, 0.05) is 32.1 Å². The molecule has 20 heavy (non-hydrogen) atoms. The van der Waals surface area contributed by atoms with Crippen LogP contribution in [0.2, 0.25) is 0 Å². The molecule has 1 aromatic rings. The first-order valence-electron chi connectivity index (χ1n) is 6.09. The van der Waals surface area contributed by atoms with Crippen molar-refractivity contribution in [3.8, 4) is 0 Å². The van der Waals surface area contributed by atoms with Crippen molar-refractivity contribution in [2.75, 3.05) is 19.6 Å². The number of nitrogens with zero attached hydrogens (tertiary/aromatic N) is 1. The molecular formula is C13H14F2N2O3. The Labute approximate surface area is 114 Å². The Bertz CT molecular complexity index is 538. The van der Waals surface area contributed by atoms with Crippen LogP contribution < -0.4 is 5.32 Å². The van der Waals surface area contributed by atoms with Gasteiger partial charge in [0.1, 0.15) is 17.9 Å². The Morgan fingerprint density at radius 1 is 1.50 bits per heavy atom. The van der Waals surface area contributed by atoms with Gasteiger partial charge in [0.15, 0.2) is 0 Å². The smallest absolute Gasteiger partial charge is 0.407 e. The number of piperazine rings is 1. The van der Waals surface area contributed by atoms with E-state index in [1.54, 1.807) is 0 Å². The summed E-state index contributed by atoms with van der Waals surface area (Å²) in [5.74, 6) is -1.45. The lowest BCUT2D eigenvalue weighted by Crippen LogP contribution is -2.63. The van der Waals surface area contributed by atoms with Crippen LogP contribution in [0, 0.1) is 11.6 Å². The van der Waals surface area contributed by atoms with Gasteiger partial charge < -0.3 is 20.1 Å². The minimum absolute atomic E-state index is 0.0353. The molecule has 1 heterocycles. The molecule has 0 aromatic heterocycles. The highest BCUT2D eigenvalue weighted by atomic mass is 19.1. The standard InChI is InChI=1S/C13H14F2N2O3/c14-10-2-1-9(11(15)5-10)6-13(8-18)7-17(12(19)20)4-3-16-13/h1-2,5,8,16H,3-4,6-7H2,(H,19,20). The van der Waals surface area contributed by atoms with Crippen LogP contribution in [0.1, 0.15) is 5.56 Å². The number of hydrogen-bond donors (Lipinski definition) is 2. The Morgan fingerprint density at radius 2 is 2.25 bits per heavy atom. The molecule has 0 bridgehead atoms. The molecule has 1 aromatic carbocycles. The van der Waals surface area contributed by atoms with E-state index in [0.29, 0.717) is 12.8 Å². The number of hydrogen-bond acceptors (Lipinski definition) is 3. The SMILES string of the molecule is O=CC1(Cc2ccc(F)cc2F)CN(C(=O)O)CCN1. The van der Waals surface area contributed by atoms with Crippen LogP contribution in [-0.4, -0.2) is 47.6 Å². The fourth-order valence-corrected chi connectivity index (χ4v) is 2.32. The van der Waals surface area contributed by atoms with Crippen molar-refractivity contribution in [1.82, 2.24) is 10.2 Å². The number of amides is 1. The van der Waals surface area contributed by atoms with E-state index in [0.717, 1.165) is 17.0 Å². The molecule has 2 N–H and O–H groups in total. The number of carbonyl (C=O) groups is 2. The summed E-state index contributed by atoms with van der Waals surface area (Å²) in [6, 6.07) is 3.11. The summed E-state index contributed by atoms with van der Waals surface area (Å²) < 4.78 is 26.5. The average molecular weight is 284 g/mol. The zero-order chi connectivity index (χ0) is 14.8. The Morgan fingerprint density at radius 3 is 2.85 bits per heavy atom. The molecule has 1 amide bonds. The van der Waals surface area contributed by atoms with Gasteiger partial charge in [0.2, 0.25) is 0 Å². The van der Waals surface area contributed by atoms with Crippen LogP contribution in [-0.2, 0) is 11.2 Å². The second-order valence-electron chi connectivity index (χ2n) is 4.82. The van der Waals surface area contributed by atoms with Crippen LogP contribution >= 0.6 is 0 Å². The monoisotopic (exact) mass is 284 g/mol. The van der Waals surface area contributed by atoms with E-state index in [1.807, 2.05) is 0 Å². The molecule has 1 aliphatic rings. The van der Waals surface area contributed by atoms with Crippen LogP contribution in [0.25, 0.3) is 0 Å². The van der Waals surface area contributed by atoms with E-state index >= 15 is 0 Å². The maximum atomic E-state index is 13.7. The Kier molecular flexibility index (Phi) is 3.99. The largest absolute Gasteiger partial charge is 0.465 e. The predicted molar refractivity (Wildman–Crippen MR) is 66.5 cm³/mol. The summed E-state index contributed by atoms with van der Waals surface area (Å²) in [6.45, 7) is 0.493. The highest BCUT2D eigenvalue weighted by Crippen LogP contribution is 2.19. The van der Waals surface area contributed by atoms with Crippen molar-refractivity contribution in [1.29, 1.82) is 0 Å². The average Bonchev–Trinajstić information content (AvgIpc) is 2.42. The normalized spacial score (nSPS) is 22.6. The summed E-state index contributed by atoms with van der Waals surface area (Å²) in [5.41, 5.74) is -1.02. The predicted octanol–water partition coefficient (Wildman–Crippen LogP) is 1.03. The third-order valence-electron chi connectivity index (χ3n) is 3.35. The molecule has 5 nitrogen and oxygen atoms in total. The van der Waals surface area contributed by atoms with Crippen molar-refractivity contribution >= 4 is 12.4 Å². The molecule has 1 saturated heterocycles. The van der Waals surface area contributed by atoms with Gasteiger partial charge in [-0.25, -0.2) is 13.6 Å². The van der Waals surface area contributed by atoms with Crippen molar-refractivity contribution in [3.63, 3.8) is 0 Å². The van der Waals surface area contributed by atoms with Crippen molar-refractivity contribution in [3.05, 3.63) is 35.4 Å². The van der Waals surface area contributed by atoms with Gasteiger partial charge in [-0.2, -0.15) is 0 Å². The first-order valence-corrected chi connectivity index (χ1v) is 6.09. The molecule has 1 unspecified atom stereocenters. The van der Waals surface area contributed by atoms with Crippen molar-refractivity contribution in [2.24, 2.45) is 0 Å². The van der Waals surface area contributed by atoms with E-state index in [2.05, 4.69) is 5.32 Å². The number of carboxylic acid groups (broad SMARTS) is 1. The van der Waals surface area contributed by atoms with Crippen LogP contribution in [0.15, 0.2) is 18.2 Å². The van der Waals surface area contributed by atoms with Crippen molar-refractivity contribution < 1.29 is 23.5 Å². The van der Waals surface area contributed by atoms with Crippen LogP contribution in [0.5, 0.6) is 0 Å². The van der Waals surface area contributed by atoms with Gasteiger partial charge in [-0.05, 0) is 11.6 Å². The van der Waals surface area contributed by atoms with Crippen LogP contribution in [0.4, 0.5) is 13.6 Å². The fourth-order valence-electron chi connectivity index (χ4n) is 2.32. The molecule has 1 atom stereocenters. The first kappa shape index (κ1) is 14.4. The number of nitrogens with one attached hydrogen (secondary N) is 1. The summed E-state index contributed by atoms with van der Waals surface area (Å²) in [4.78, 5) is 23.4. The summed E-state index contributed by atoms with van der Waals surface area (Å²) in [7, 11) is 0. The van der Waals surface area contributed by atoms with Gasteiger partial charge in [0.25, 0.3) is 0 Å². The van der Waals surface area contributed by atoms with Gasteiger partial charge in [0.05, 0.1) is 5.54 Å². The summed E-state index contributed by atoms with van der Waals surface area (Å²) in [5, 5.41) is 11.9. The van der Waals surface area contributed by atoms with Gasteiger partial charge in [-0.1, -0.05) is 6.07 Å². The number of rotatable bonds is 3. The van der Waals surface area contributed by atoms with E-state index in [9.17, 15) is 18.4 Å². The Hall–Kier alpha value is -2.02. The second-order valence-corrected chi connectivity index (χ2v) is 4.82. The minimum atomic E-state index is -1.19.